The predicted molar refractivity (Wildman–Crippen MR) is 116 cm³/mol. The molecule has 31 heavy (non-hydrogen) atoms. The zero-order valence-electron chi connectivity index (χ0n) is 17.0. The summed E-state index contributed by atoms with van der Waals surface area (Å²) in [5.41, 5.74) is 1.60. The van der Waals surface area contributed by atoms with Gasteiger partial charge in [-0.25, -0.2) is 8.78 Å². The first-order valence-corrected chi connectivity index (χ1v) is 10.3. The van der Waals surface area contributed by atoms with Crippen molar-refractivity contribution >= 4 is 11.6 Å². The van der Waals surface area contributed by atoms with Crippen LogP contribution < -0.4 is 10.2 Å². The van der Waals surface area contributed by atoms with Crippen LogP contribution in [0.4, 0.5) is 14.5 Å². The molecule has 1 atom stereocenters. The van der Waals surface area contributed by atoms with Gasteiger partial charge in [0.1, 0.15) is 11.6 Å². The lowest BCUT2D eigenvalue weighted by molar-refractivity contribution is 0.0926. The van der Waals surface area contributed by atoms with Gasteiger partial charge >= 0.3 is 0 Å². The number of anilines is 1. The summed E-state index contributed by atoms with van der Waals surface area (Å²) in [6, 6.07) is 16.4. The fraction of sp³-hybridized carbons (Fsp3) is 0.250. The molecule has 1 aliphatic rings. The zero-order chi connectivity index (χ0) is 21.6. The van der Waals surface area contributed by atoms with E-state index >= 15 is 0 Å². The van der Waals surface area contributed by atoms with Gasteiger partial charge in [0.25, 0.3) is 5.91 Å². The quantitative estimate of drug-likeness (QED) is 0.659. The van der Waals surface area contributed by atoms with Gasteiger partial charge in [0.15, 0.2) is 0 Å². The zero-order valence-corrected chi connectivity index (χ0v) is 17.0. The van der Waals surface area contributed by atoms with E-state index in [1.165, 1.54) is 18.2 Å². The molecule has 1 fully saturated rings. The number of carbonyl (C=O) groups excluding carboxylic acids is 1. The number of hydrogen-bond donors (Lipinski definition) is 1. The molecule has 0 radical (unpaired) electrons. The van der Waals surface area contributed by atoms with Crippen LogP contribution >= 0.6 is 0 Å². The summed E-state index contributed by atoms with van der Waals surface area (Å²) in [5.74, 6) is -1.22. The van der Waals surface area contributed by atoms with Crippen molar-refractivity contribution in [2.75, 3.05) is 37.6 Å². The maximum Gasteiger partial charge on any atom is 0.254 e. The highest BCUT2D eigenvalue weighted by atomic mass is 19.1. The number of benzene rings is 2. The highest BCUT2D eigenvalue weighted by Gasteiger charge is 2.27. The van der Waals surface area contributed by atoms with E-state index in [2.05, 4.69) is 15.2 Å². The molecule has 1 aromatic heterocycles. The van der Waals surface area contributed by atoms with Gasteiger partial charge in [-0.3, -0.25) is 14.7 Å². The third kappa shape index (κ3) is 4.88. The Morgan fingerprint density at radius 1 is 0.935 bits per heavy atom. The van der Waals surface area contributed by atoms with Gasteiger partial charge in [0.2, 0.25) is 0 Å². The average molecular weight is 422 g/mol. The summed E-state index contributed by atoms with van der Waals surface area (Å²) in [4.78, 5) is 21.0. The van der Waals surface area contributed by atoms with Gasteiger partial charge < -0.3 is 10.2 Å². The molecule has 2 heterocycles. The molecule has 5 nitrogen and oxygen atoms in total. The molecule has 0 bridgehead atoms. The van der Waals surface area contributed by atoms with E-state index in [0.717, 1.165) is 5.56 Å². The molecule has 1 amide bonds. The van der Waals surface area contributed by atoms with Crippen molar-refractivity contribution in [1.29, 1.82) is 0 Å². The molecule has 3 aromatic rings. The highest BCUT2D eigenvalue weighted by Crippen LogP contribution is 2.25. The second-order valence-electron chi connectivity index (χ2n) is 7.47. The maximum atomic E-state index is 14.2. The van der Waals surface area contributed by atoms with Gasteiger partial charge in [-0.05, 0) is 35.9 Å². The van der Waals surface area contributed by atoms with Crippen LogP contribution in [-0.4, -0.2) is 48.5 Å². The molecule has 1 aliphatic heterocycles. The number of pyridine rings is 1. The summed E-state index contributed by atoms with van der Waals surface area (Å²) < 4.78 is 28.1. The van der Waals surface area contributed by atoms with Crippen LogP contribution in [0.25, 0.3) is 0 Å². The molecular formula is C24H24F2N4O. The number of rotatable bonds is 6. The summed E-state index contributed by atoms with van der Waals surface area (Å²) in [6.07, 6.45) is 3.48. The molecule has 1 unspecified atom stereocenters. The molecule has 160 valence electrons. The van der Waals surface area contributed by atoms with Gasteiger partial charge in [0, 0.05) is 45.1 Å². The molecule has 1 saturated heterocycles. The van der Waals surface area contributed by atoms with Crippen LogP contribution in [0.1, 0.15) is 22.0 Å². The van der Waals surface area contributed by atoms with E-state index in [-0.39, 0.29) is 17.4 Å². The number of para-hydroxylation sites is 1. The first-order valence-electron chi connectivity index (χ1n) is 10.3. The van der Waals surface area contributed by atoms with Crippen LogP contribution in [0.3, 0.4) is 0 Å². The van der Waals surface area contributed by atoms with E-state index < -0.39 is 11.7 Å². The van der Waals surface area contributed by atoms with Crippen molar-refractivity contribution < 1.29 is 13.6 Å². The average Bonchev–Trinajstić information content (AvgIpc) is 2.81. The minimum absolute atomic E-state index is 0.0248. The van der Waals surface area contributed by atoms with E-state index in [9.17, 15) is 13.6 Å². The number of halogens is 2. The SMILES string of the molecule is O=C(NCC(c1cccnc1)N1CCN(c2ccccc2F)CC1)c1ccccc1F. The monoisotopic (exact) mass is 422 g/mol. The number of nitrogens with one attached hydrogen (secondary N) is 1. The smallest absolute Gasteiger partial charge is 0.254 e. The summed E-state index contributed by atoms with van der Waals surface area (Å²) in [6.45, 7) is 3.05. The van der Waals surface area contributed by atoms with Crippen molar-refractivity contribution in [3.8, 4) is 0 Å². The number of hydrogen-bond acceptors (Lipinski definition) is 4. The molecule has 2 aromatic carbocycles. The number of nitrogens with zero attached hydrogens (tertiary/aromatic N) is 3. The van der Waals surface area contributed by atoms with Gasteiger partial charge in [-0.2, -0.15) is 0 Å². The second-order valence-corrected chi connectivity index (χ2v) is 7.47. The minimum atomic E-state index is -0.545. The Morgan fingerprint density at radius 2 is 1.65 bits per heavy atom. The Morgan fingerprint density at radius 3 is 2.32 bits per heavy atom. The summed E-state index contributed by atoms with van der Waals surface area (Å²) in [7, 11) is 0. The predicted octanol–water partition coefficient (Wildman–Crippen LogP) is 3.65. The van der Waals surface area contributed by atoms with Gasteiger partial charge in [-0.15, -0.1) is 0 Å². The molecule has 1 N–H and O–H groups in total. The van der Waals surface area contributed by atoms with Gasteiger partial charge in [0.05, 0.1) is 17.3 Å². The Hall–Kier alpha value is -3.32. The van der Waals surface area contributed by atoms with Crippen LogP contribution in [0, 0.1) is 11.6 Å². The molecule has 0 spiro atoms. The van der Waals surface area contributed by atoms with Crippen LogP contribution in [-0.2, 0) is 0 Å². The Kier molecular flexibility index (Phi) is 6.52. The van der Waals surface area contributed by atoms with Crippen LogP contribution in [0.5, 0.6) is 0 Å². The summed E-state index contributed by atoms with van der Waals surface area (Å²) >= 11 is 0. The largest absolute Gasteiger partial charge is 0.367 e. The Bertz CT molecular complexity index is 1020. The number of aromatic nitrogens is 1. The van der Waals surface area contributed by atoms with E-state index in [1.54, 1.807) is 36.7 Å². The van der Waals surface area contributed by atoms with Crippen molar-refractivity contribution in [3.63, 3.8) is 0 Å². The van der Waals surface area contributed by atoms with E-state index in [1.807, 2.05) is 23.1 Å². The maximum absolute atomic E-state index is 14.2. The molecule has 7 heteroatoms. The third-order valence-electron chi connectivity index (χ3n) is 5.59. The topological polar surface area (TPSA) is 48.5 Å². The molecule has 0 saturated carbocycles. The fourth-order valence-electron chi connectivity index (χ4n) is 3.94. The normalized spacial score (nSPS) is 15.5. The van der Waals surface area contributed by atoms with Crippen molar-refractivity contribution in [2.45, 2.75) is 6.04 Å². The Balaban J connectivity index is 1.46. The number of piperazine rings is 1. The molecule has 0 aliphatic carbocycles. The Labute approximate surface area is 180 Å². The highest BCUT2D eigenvalue weighted by molar-refractivity contribution is 5.94. The fourth-order valence-corrected chi connectivity index (χ4v) is 3.94. The van der Waals surface area contributed by atoms with Gasteiger partial charge in [-0.1, -0.05) is 30.3 Å². The first-order chi connectivity index (χ1) is 15.1. The second kappa shape index (κ2) is 9.66. The minimum Gasteiger partial charge on any atom is -0.367 e. The standard InChI is InChI=1S/C24H24F2N4O/c25-20-8-2-1-7-19(20)24(31)28-17-23(18-6-5-11-27-16-18)30-14-12-29(13-15-30)22-10-4-3-9-21(22)26/h1-11,16,23H,12-15,17H2,(H,28,31). The van der Waals surface area contributed by atoms with Crippen molar-refractivity contribution in [3.05, 3.63) is 95.8 Å². The third-order valence-corrected chi connectivity index (χ3v) is 5.59. The van der Waals surface area contributed by atoms with E-state index in [0.29, 0.717) is 38.4 Å². The summed E-state index contributed by atoms with van der Waals surface area (Å²) in [5, 5.41) is 2.87. The lowest BCUT2D eigenvalue weighted by atomic mass is 10.1. The lowest BCUT2D eigenvalue weighted by Crippen LogP contribution is -2.50. The lowest BCUT2D eigenvalue weighted by Gasteiger charge is -2.40. The van der Waals surface area contributed by atoms with Crippen LogP contribution in [0.15, 0.2) is 73.1 Å². The van der Waals surface area contributed by atoms with Crippen molar-refractivity contribution in [1.82, 2.24) is 15.2 Å². The van der Waals surface area contributed by atoms with Crippen LogP contribution in [0.2, 0.25) is 0 Å². The van der Waals surface area contributed by atoms with Crippen molar-refractivity contribution in [2.24, 2.45) is 0 Å². The molecular weight excluding hydrogens is 398 g/mol. The van der Waals surface area contributed by atoms with E-state index in [4.69, 9.17) is 0 Å². The first kappa shape index (κ1) is 20.9. The number of amides is 1. The molecule has 4 rings (SSSR count). The number of carbonyl (C=O) groups is 1.